The fourth-order valence-corrected chi connectivity index (χ4v) is 3.92. The van der Waals surface area contributed by atoms with Gasteiger partial charge in [0.15, 0.2) is 0 Å². The van der Waals surface area contributed by atoms with Crippen LogP contribution in [0, 0.1) is 0 Å². The summed E-state index contributed by atoms with van der Waals surface area (Å²) in [5.74, 6) is 1.04. The van der Waals surface area contributed by atoms with Crippen LogP contribution in [0.3, 0.4) is 0 Å². The largest absolute Gasteiger partial charge is 0.360 e. The summed E-state index contributed by atoms with van der Waals surface area (Å²) in [6.07, 6.45) is 4.38. The highest BCUT2D eigenvalue weighted by Gasteiger charge is 2.22. The molecule has 1 amide bonds. The van der Waals surface area contributed by atoms with Crippen molar-refractivity contribution in [3.8, 4) is 0 Å². The number of hydrogen-bond acceptors (Lipinski definition) is 4. The molecule has 0 radical (unpaired) electrons. The number of rotatable bonds is 3. The van der Waals surface area contributed by atoms with Gasteiger partial charge < -0.3 is 15.2 Å². The summed E-state index contributed by atoms with van der Waals surface area (Å²) < 4.78 is 0. The second kappa shape index (κ2) is 6.37. The first-order chi connectivity index (χ1) is 11.7. The topological polar surface area (TPSA) is 61.0 Å². The molecule has 24 heavy (non-hydrogen) atoms. The third-order valence-electron chi connectivity index (χ3n) is 4.70. The van der Waals surface area contributed by atoms with Crippen LogP contribution in [0.1, 0.15) is 34.0 Å². The zero-order valence-electron chi connectivity index (χ0n) is 13.6. The van der Waals surface area contributed by atoms with Crippen LogP contribution in [0.15, 0.2) is 35.8 Å². The molecule has 4 rings (SSSR count). The van der Waals surface area contributed by atoms with Crippen LogP contribution in [-0.4, -0.2) is 40.9 Å². The van der Waals surface area contributed by atoms with Gasteiger partial charge in [-0.1, -0.05) is 6.07 Å². The van der Waals surface area contributed by atoms with Gasteiger partial charge in [-0.2, -0.15) is 0 Å². The van der Waals surface area contributed by atoms with Crippen molar-refractivity contribution in [2.24, 2.45) is 0 Å². The van der Waals surface area contributed by atoms with E-state index in [9.17, 15) is 4.79 Å². The van der Waals surface area contributed by atoms with E-state index in [0.717, 1.165) is 37.0 Å². The van der Waals surface area contributed by atoms with E-state index in [1.54, 1.807) is 0 Å². The van der Waals surface area contributed by atoms with Gasteiger partial charge >= 0.3 is 0 Å². The molecule has 5 nitrogen and oxygen atoms in total. The maximum absolute atomic E-state index is 12.2. The van der Waals surface area contributed by atoms with Gasteiger partial charge in [0.1, 0.15) is 5.82 Å². The Morgan fingerprint density at radius 2 is 2.17 bits per heavy atom. The Kier molecular flexibility index (Phi) is 4.08. The van der Waals surface area contributed by atoms with Gasteiger partial charge in [-0.25, -0.2) is 4.98 Å². The van der Waals surface area contributed by atoms with Crippen molar-refractivity contribution in [3.05, 3.63) is 46.3 Å². The van der Waals surface area contributed by atoms with E-state index in [1.165, 1.54) is 16.9 Å². The van der Waals surface area contributed by atoms with E-state index in [4.69, 9.17) is 4.98 Å². The summed E-state index contributed by atoms with van der Waals surface area (Å²) in [5, 5.41) is 4.80. The van der Waals surface area contributed by atoms with Crippen molar-refractivity contribution in [2.45, 2.75) is 18.8 Å². The molecule has 1 aliphatic heterocycles. The second-order valence-electron chi connectivity index (χ2n) is 6.35. The predicted octanol–water partition coefficient (Wildman–Crippen LogP) is 3.69. The van der Waals surface area contributed by atoms with Crippen molar-refractivity contribution in [1.82, 2.24) is 14.9 Å². The number of likely N-dealkylation sites (tertiary alicyclic amines) is 1. The minimum Gasteiger partial charge on any atom is -0.360 e. The summed E-state index contributed by atoms with van der Waals surface area (Å²) in [7, 11) is 2.17. The molecule has 124 valence electrons. The van der Waals surface area contributed by atoms with Crippen molar-refractivity contribution < 1.29 is 4.79 Å². The minimum absolute atomic E-state index is 0.103. The highest BCUT2D eigenvalue weighted by Crippen LogP contribution is 2.32. The molecular weight excluding hydrogens is 320 g/mol. The van der Waals surface area contributed by atoms with Crippen LogP contribution < -0.4 is 5.32 Å². The fraction of sp³-hybridized carbons (Fsp3) is 0.333. The van der Waals surface area contributed by atoms with Gasteiger partial charge in [-0.05, 0) is 68.0 Å². The van der Waals surface area contributed by atoms with Crippen LogP contribution in [0.2, 0.25) is 0 Å². The number of thiophene rings is 1. The molecule has 1 saturated heterocycles. The van der Waals surface area contributed by atoms with Crippen LogP contribution in [0.5, 0.6) is 0 Å². The SMILES string of the molecule is CN1CCC(c2c[nH]c3ccc(NC(=O)c4cccs4)nc23)CC1. The molecule has 1 fully saturated rings. The average Bonchev–Trinajstić information content (AvgIpc) is 3.25. The summed E-state index contributed by atoms with van der Waals surface area (Å²) in [4.78, 5) is 23.3. The van der Waals surface area contributed by atoms with E-state index in [-0.39, 0.29) is 5.91 Å². The number of nitrogens with zero attached hydrogens (tertiary/aromatic N) is 2. The third-order valence-corrected chi connectivity index (χ3v) is 5.57. The predicted molar refractivity (Wildman–Crippen MR) is 97.8 cm³/mol. The summed E-state index contributed by atoms with van der Waals surface area (Å²) in [6, 6.07) is 7.53. The van der Waals surface area contributed by atoms with Crippen molar-refractivity contribution in [2.75, 3.05) is 25.5 Å². The third kappa shape index (κ3) is 2.95. The van der Waals surface area contributed by atoms with E-state index in [1.807, 2.05) is 29.6 Å². The van der Waals surface area contributed by atoms with Crippen LogP contribution >= 0.6 is 11.3 Å². The van der Waals surface area contributed by atoms with Gasteiger partial charge in [0.05, 0.1) is 15.9 Å². The zero-order chi connectivity index (χ0) is 16.5. The normalized spacial score (nSPS) is 16.5. The number of amides is 1. The highest BCUT2D eigenvalue weighted by atomic mass is 32.1. The van der Waals surface area contributed by atoms with E-state index < -0.39 is 0 Å². The standard InChI is InChI=1S/C18H20N4OS/c1-22-8-6-12(7-9-22)13-11-19-14-4-5-16(20-17(13)14)21-18(23)15-3-2-10-24-15/h2-5,10-12,19H,6-9H2,1H3,(H,20,21,23). The number of aromatic nitrogens is 2. The number of piperidine rings is 1. The molecule has 0 spiro atoms. The van der Waals surface area contributed by atoms with Gasteiger partial charge in [0, 0.05) is 6.20 Å². The smallest absolute Gasteiger partial charge is 0.266 e. The molecule has 1 aliphatic rings. The minimum atomic E-state index is -0.103. The van der Waals surface area contributed by atoms with Gasteiger partial charge in [-0.3, -0.25) is 4.79 Å². The maximum atomic E-state index is 12.2. The number of hydrogen-bond donors (Lipinski definition) is 2. The Morgan fingerprint density at radius 3 is 2.92 bits per heavy atom. The molecule has 0 saturated carbocycles. The van der Waals surface area contributed by atoms with Gasteiger partial charge in [0.2, 0.25) is 0 Å². The highest BCUT2D eigenvalue weighted by molar-refractivity contribution is 7.12. The Hall–Kier alpha value is -2.18. The molecule has 0 unspecified atom stereocenters. The quantitative estimate of drug-likeness (QED) is 0.764. The molecule has 0 aromatic carbocycles. The van der Waals surface area contributed by atoms with Crippen LogP contribution in [0.4, 0.5) is 5.82 Å². The Bertz CT molecular complexity index is 847. The first-order valence-corrected chi connectivity index (χ1v) is 9.10. The number of carbonyl (C=O) groups is 1. The van der Waals surface area contributed by atoms with E-state index in [0.29, 0.717) is 16.6 Å². The number of pyridine rings is 1. The molecule has 3 aromatic heterocycles. The monoisotopic (exact) mass is 340 g/mol. The van der Waals surface area contributed by atoms with Crippen LogP contribution in [0.25, 0.3) is 11.0 Å². The van der Waals surface area contributed by atoms with E-state index >= 15 is 0 Å². The number of anilines is 1. The van der Waals surface area contributed by atoms with Crippen LogP contribution in [-0.2, 0) is 0 Å². The maximum Gasteiger partial charge on any atom is 0.266 e. The van der Waals surface area contributed by atoms with Crippen molar-refractivity contribution >= 4 is 34.1 Å². The lowest BCUT2D eigenvalue weighted by Crippen LogP contribution is -2.29. The molecule has 2 N–H and O–H groups in total. The van der Waals surface area contributed by atoms with Gasteiger partial charge in [-0.15, -0.1) is 11.3 Å². The zero-order valence-corrected chi connectivity index (χ0v) is 14.4. The Morgan fingerprint density at radius 1 is 1.33 bits per heavy atom. The Labute approximate surface area is 144 Å². The summed E-state index contributed by atoms with van der Waals surface area (Å²) >= 11 is 1.43. The number of fused-ring (bicyclic) bond motifs is 1. The lowest BCUT2D eigenvalue weighted by atomic mass is 9.91. The summed E-state index contributed by atoms with van der Waals surface area (Å²) in [6.45, 7) is 2.23. The lowest BCUT2D eigenvalue weighted by Gasteiger charge is -2.28. The number of aromatic amines is 1. The van der Waals surface area contributed by atoms with Gasteiger partial charge in [0.25, 0.3) is 5.91 Å². The number of carbonyl (C=O) groups excluding carboxylic acids is 1. The van der Waals surface area contributed by atoms with E-state index in [2.05, 4.69) is 28.4 Å². The fourth-order valence-electron chi connectivity index (χ4n) is 3.31. The first kappa shape index (κ1) is 15.4. The molecule has 0 atom stereocenters. The molecule has 0 aliphatic carbocycles. The first-order valence-electron chi connectivity index (χ1n) is 8.22. The molecule has 3 aromatic rings. The van der Waals surface area contributed by atoms with Crippen molar-refractivity contribution in [1.29, 1.82) is 0 Å². The molecule has 6 heteroatoms. The average molecular weight is 340 g/mol. The Balaban J connectivity index is 1.60. The summed E-state index contributed by atoms with van der Waals surface area (Å²) in [5.41, 5.74) is 3.27. The molecule has 0 bridgehead atoms. The number of H-pyrrole nitrogens is 1. The second-order valence-corrected chi connectivity index (χ2v) is 7.29. The van der Waals surface area contributed by atoms with Crippen molar-refractivity contribution in [3.63, 3.8) is 0 Å². The molecular formula is C18H20N4OS. The number of nitrogens with one attached hydrogen (secondary N) is 2. The lowest BCUT2D eigenvalue weighted by molar-refractivity contribution is 0.103. The molecule has 4 heterocycles.